The molecule has 3 aromatic heterocycles. The number of rotatable bonds is 9. The van der Waals surface area contributed by atoms with Crippen molar-refractivity contribution in [3.8, 4) is 5.69 Å². The SMILES string of the molecule is O=C(N[C@H](Cc1ccc(Cl)cc1)C(=O)N1CCC(Cn2cncn2)(C2CCCCC2)CC1)c1cc(=O)c2cc(-n3ccnc3)ccc2o1. The first kappa shape index (κ1) is 31.8. The molecule has 2 aliphatic rings. The van der Waals surface area contributed by atoms with E-state index in [1.54, 1.807) is 66.3 Å². The fourth-order valence-corrected chi connectivity index (χ4v) is 7.68. The Morgan fingerprint density at radius 2 is 1.79 bits per heavy atom. The molecule has 1 aliphatic heterocycles. The number of amides is 2. The van der Waals surface area contributed by atoms with E-state index >= 15 is 0 Å². The van der Waals surface area contributed by atoms with Crippen LogP contribution in [-0.2, 0) is 17.8 Å². The number of benzene rings is 2. The Kier molecular flexibility index (Phi) is 9.12. The van der Waals surface area contributed by atoms with Crippen molar-refractivity contribution in [2.75, 3.05) is 13.1 Å². The second kappa shape index (κ2) is 13.8. The maximum Gasteiger partial charge on any atom is 0.287 e. The fourth-order valence-electron chi connectivity index (χ4n) is 7.55. The van der Waals surface area contributed by atoms with E-state index in [9.17, 15) is 14.4 Å². The molecule has 4 heterocycles. The molecule has 0 unspecified atom stereocenters. The van der Waals surface area contributed by atoms with Gasteiger partial charge in [0.15, 0.2) is 11.2 Å². The molecular formula is C36H38ClN7O4. The monoisotopic (exact) mass is 667 g/mol. The highest BCUT2D eigenvalue weighted by molar-refractivity contribution is 6.30. The van der Waals surface area contributed by atoms with Crippen molar-refractivity contribution in [1.29, 1.82) is 0 Å². The second-order valence-electron chi connectivity index (χ2n) is 13.1. The van der Waals surface area contributed by atoms with Gasteiger partial charge in [-0.05, 0) is 72.9 Å². The lowest BCUT2D eigenvalue weighted by atomic mass is 9.63. The first-order valence-corrected chi connectivity index (χ1v) is 17.0. The molecule has 1 N–H and O–H groups in total. The number of carbonyl (C=O) groups excluding carboxylic acids is 2. The summed E-state index contributed by atoms with van der Waals surface area (Å²) in [7, 11) is 0. The van der Waals surface area contributed by atoms with Gasteiger partial charge in [0.1, 0.15) is 24.3 Å². The van der Waals surface area contributed by atoms with Crippen molar-refractivity contribution in [3.05, 3.63) is 106 Å². The Morgan fingerprint density at radius 3 is 2.50 bits per heavy atom. The Bertz CT molecular complexity index is 1930. The van der Waals surface area contributed by atoms with Crippen LogP contribution in [-0.4, -0.2) is 60.2 Å². The van der Waals surface area contributed by atoms with Gasteiger partial charge in [0.05, 0.1) is 11.7 Å². The molecule has 5 aromatic rings. The van der Waals surface area contributed by atoms with Gasteiger partial charge in [-0.2, -0.15) is 5.10 Å². The van der Waals surface area contributed by atoms with Crippen LogP contribution in [0.5, 0.6) is 0 Å². The zero-order valence-electron chi connectivity index (χ0n) is 26.6. The summed E-state index contributed by atoms with van der Waals surface area (Å²) in [6, 6.07) is 12.7. The molecule has 7 rings (SSSR count). The van der Waals surface area contributed by atoms with Crippen molar-refractivity contribution in [1.82, 2.24) is 34.5 Å². The molecular weight excluding hydrogens is 630 g/mol. The van der Waals surface area contributed by atoms with E-state index in [4.69, 9.17) is 16.0 Å². The minimum absolute atomic E-state index is 0.0338. The normalized spacial score (nSPS) is 17.3. The molecule has 12 heteroatoms. The third-order valence-corrected chi connectivity index (χ3v) is 10.4. The van der Waals surface area contributed by atoms with Gasteiger partial charge in [-0.1, -0.05) is 43.0 Å². The molecule has 1 saturated heterocycles. The lowest BCUT2D eigenvalue weighted by Gasteiger charge is -2.48. The molecule has 1 saturated carbocycles. The number of halogens is 1. The Balaban J connectivity index is 1.11. The van der Waals surface area contributed by atoms with E-state index in [1.807, 2.05) is 21.7 Å². The molecule has 248 valence electrons. The van der Waals surface area contributed by atoms with Crippen LogP contribution in [0.4, 0.5) is 0 Å². The van der Waals surface area contributed by atoms with E-state index in [-0.39, 0.29) is 34.5 Å². The van der Waals surface area contributed by atoms with Gasteiger partial charge in [-0.3, -0.25) is 19.1 Å². The summed E-state index contributed by atoms with van der Waals surface area (Å²) in [4.78, 5) is 51.1. The molecule has 2 fully saturated rings. The molecule has 0 spiro atoms. The average Bonchev–Trinajstić information content (AvgIpc) is 3.85. The van der Waals surface area contributed by atoms with Crippen LogP contribution in [0.25, 0.3) is 16.7 Å². The highest BCUT2D eigenvalue weighted by atomic mass is 35.5. The summed E-state index contributed by atoms with van der Waals surface area (Å²) in [6.07, 6.45) is 16.5. The summed E-state index contributed by atoms with van der Waals surface area (Å²) in [5.74, 6) is -0.368. The predicted molar refractivity (Wildman–Crippen MR) is 181 cm³/mol. The molecule has 11 nitrogen and oxygen atoms in total. The number of aromatic nitrogens is 5. The lowest BCUT2D eigenvalue weighted by molar-refractivity contribution is -0.136. The zero-order valence-corrected chi connectivity index (χ0v) is 27.4. The van der Waals surface area contributed by atoms with E-state index in [1.165, 1.54) is 38.2 Å². The van der Waals surface area contributed by atoms with Crippen LogP contribution < -0.4 is 10.7 Å². The van der Waals surface area contributed by atoms with Gasteiger partial charge in [-0.25, -0.2) is 9.97 Å². The maximum absolute atomic E-state index is 14.2. The number of imidazole rings is 1. The first-order valence-electron chi connectivity index (χ1n) is 16.6. The number of nitrogens with zero attached hydrogens (tertiary/aromatic N) is 6. The van der Waals surface area contributed by atoms with Crippen molar-refractivity contribution >= 4 is 34.4 Å². The molecule has 2 aromatic carbocycles. The van der Waals surface area contributed by atoms with E-state index in [0.29, 0.717) is 29.4 Å². The topological polar surface area (TPSA) is 128 Å². The Morgan fingerprint density at radius 1 is 1.00 bits per heavy atom. The standard InChI is InChI=1S/C36H38ClN7O4/c37-27-8-6-25(7-9-27)18-30(41-34(46)33-20-31(45)29-19-28(10-11-32(29)48-33)43-17-14-38-23-43)35(47)42-15-12-36(13-16-42,21-44-24-39-22-40-44)26-4-2-1-3-5-26/h6-11,14,17,19-20,22-24,26,30H,1-5,12-13,15-16,18,21H2,(H,41,46)/t30-/m1/s1. The van der Waals surface area contributed by atoms with Gasteiger partial charge < -0.3 is 19.2 Å². The number of nitrogens with one attached hydrogen (secondary N) is 1. The lowest BCUT2D eigenvalue weighted by Crippen LogP contribution is -2.54. The summed E-state index contributed by atoms with van der Waals surface area (Å²) in [5.41, 5.74) is 1.55. The van der Waals surface area contributed by atoms with Crippen LogP contribution in [0.2, 0.25) is 5.02 Å². The minimum atomic E-state index is -0.874. The van der Waals surface area contributed by atoms with Crippen LogP contribution >= 0.6 is 11.6 Å². The van der Waals surface area contributed by atoms with Gasteiger partial charge in [0.2, 0.25) is 5.91 Å². The van der Waals surface area contributed by atoms with Crippen LogP contribution in [0.3, 0.4) is 0 Å². The number of likely N-dealkylation sites (tertiary alicyclic amines) is 1. The largest absolute Gasteiger partial charge is 0.451 e. The van der Waals surface area contributed by atoms with Crippen LogP contribution in [0.15, 0.2) is 89.1 Å². The van der Waals surface area contributed by atoms with Gasteiger partial charge in [0.25, 0.3) is 5.91 Å². The Labute approximate surface area is 282 Å². The third kappa shape index (κ3) is 6.78. The van der Waals surface area contributed by atoms with E-state index in [0.717, 1.165) is 30.6 Å². The van der Waals surface area contributed by atoms with Crippen molar-refractivity contribution in [3.63, 3.8) is 0 Å². The molecule has 1 aliphatic carbocycles. The molecule has 2 amide bonds. The first-order chi connectivity index (χ1) is 23.4. The quantitative estimate of drug-likeness (QED) is 0.221. The number of piperidine rings is 1. The van der Waals surface area contributed by atoms with E-state index in [2.05, 4.69) is 20.4 Å². The fraction of sp³-hybridized carbons (Fsp3) is 0.389. The molecule has 1 atom stereocenters. The van der Waals surface area contributed by atoms with Gasteiger partial charge in [-0.15, -0.1) is 0 Å². The summed E-state index contributed by atoms with van der Waals surface area (Å²) in [5, 5.41) is 8.26. The second-order valence-corrected chi connectivity index (χ2v) is 13.5. The Hall–Kier alpha value is -4.77. The smallest absolute Gasteiger partial charge is 0.287 e. The summed E-state index contributed by atoms with van der Waals surface area (Å²) >= 11 is 6.14. The summed E-state index contributed by atoms with van der Waals surface area (Å²) < 4.78 is 9.64. The predicted octanol–water partition coefficient (Wildman–Crippen LogP) is 5.45. The number of hydrogen-bond acceptors (Lipinski definition) is 7. The number of fused-ring (bicyclic) bond motifs is 1. The number of hydrogen-bond donors (Lipinski definition) is 1. The maximum atomic E-state index is 14.2. The highest BCUT2D eigenvalue weighted by Crippen LogP contribution is 2.47. The molecule has 48 heavy (non-hydrogen) atoms. The van der Waals surface area contributed by atoms with Crippen LogP contribution in [0, 0.1) is 11.3 Å². The molecule has 0 radical (unpaired) electrons. The average molecular weight is 668 g/mol. The van der Waals surface area contributed by atoms with Crippen molar-refractivity contribution in [2.45, 2.75) is 64.0 Å². The zero-order chi connectivity index (χ0) is 33.1. The highest BCUT2D eigenvalue weighted by Gasteiger charge is 2.44. The van der Waals surface area contributed by atoms with Gasteiger partial charge >= 0.3 is 0 Å². The number of carbonyl (C=O) groups is 2. The summed E-state index contributed by atoms with van der Waals surface area (Å²) in [6.45, 7) is 1.96. The van der Waals surface area contributed by atoms with E-state index < -0.39 is 11.9 Å². The van der Waals surface area contributed by atoms with Crippen molar-refractivity contribution in [2.24, 2.45) is 11.3 Å². The van der Waals surface area contributed by atoms with Crippen LogP contribution in [0.1, 0.15) is 61.1 Å². The third-order valence-electron chi connectivity index (χ3n) is 10.2. The molecule has 0 bridgehead atoms. The van der Waals surface area contributed by atoms with Crippen molar-refractivity contribution < 1.29 is 14.0 Å². The minimum Gasteiger partial charge on any atom is -0.451 e. The van der Waals surface area contributed by atoms with Gasteiger partial charge in [0, 0.05) is 55.2 Å².